The van der Waals surface area contributed by atoms with E-state index in [9.17, 15) is 4.79 Å². The molecular weight excluding hydrogens is 190 g/mol. The number of nitrogens with zero attached hydrogens (tertiary/aromatic N) is 1. The number of carboxylic acids is 1. The van der Waals surface area contributed by atoms with Gasteiger partial charge in [-0.05, 0) is 26.2 Å². The molecule has 1 N–H and O–H groups in total. The van der Waals surface area contributed by atoms with Crippen LogP contribution in [0.3, 0.4) is 0 Å². The van der Waals surface area contributed by atoms with Gasteiger partial charge in [-0.15, -0.1) is 0 Å². The fourth-order valence-electron chi connectivity index (χ4n) is 1.45. The summed E-state index contributed by atoms with van der Waals surface area (Å²) in [7, 11) is 0. The van der Waals surface area contributed by atoms with Gasteiger partial charge in [-0.25, -0.2) is 0 Å². The third-order valence-corrected chi connectivity index (χ3v) is 2.21. The molecule has 3 nitrogen and oxygen atoms in total. The molecule has 0 aromatic carbocycles. The monoisotopic (exact) mass is 215 g/mol. The summed E-state index contributed by atoms with van der Waals surface area (Å²) in [6, 6.07) is 0. The second kappa shape index (κ2) is 4.97. The van der Waals surface area contributed by atoms with Gasteiger partial charge in [0, 0.05) is 18.6 Å². The van der Waals surface area contributed by atoms with E-state index in [1.807, 2.05) is 0 Å². The van der Waals surface area contributed by atoms with E-state index in [2.05, 4.69) is 46.4 Å². The summed E-state index contributed by atoms with van der Waals surface area (Å²) in [5, 5.41) is 8.70. The lowest BCUT2D eigenvalue weighted by Crippen LogP contribution is -2.46. The average Bonchev–Trinajstić information content (AvgIpc) is 1.93. The Labute approximate surface area is 93.5 Å². The Bertz CT molecular complexity index is 211. The third-order valence-electron chi connectivity index (χ3n) is 2.21. The van der Waals surface area contributed by atoms with Gasteiger partial charge >= 0.3 is 5.97 Å². The molecule has 0 spiro atoms. The van der Waals surface area contributed by atoms with Crippen molar-refractivity contribution >= 4 is 5.97 Å². The van der Waals surface area contributed by atoms with Crippen LogP contribution >= 0.6 is 0 Å². The molecule has 90 valence electrons. The number of carbonyl (C=O) groups is 1. The Morgan fingerprint density at radius 1 is 1.13 bits per heavy atom. The first-order valence-corrected chi connectivity index (χ1v) is 5.49. The van der Waals surface area contributed by atoms with Gasteiger partial charge in [0.25, 0.3) is 0 Å². The Hall–Kier alpha value is -0.570. The van der Waals surface area contributed by atoms with Crippen molar-refractivity contribution in [3.05, 3.63) is 0 Å². The smallest absolute Gasteiger partial charge is 0.304 e. The Morgan fingerprint density at radius 3 is 1.87 bits per heavy atom. The summed E-state index contributed by atoms with van der Waals surface area (Å²) in [4.78, 5) is 12.8. The van der Waals surface area contributed by atoms with Crippen LogP contribution < -0.4 is 0 Å². The molecule has 0 radical (unpaired) electrons. The minimum absolute atomic E-state index is 0.0305. The molecule has 0 atom stereocenters. The highest BCUT2D eigenvalue weighted by Crippen LogP contribution is 2.22. The highest BCUT2D eigenvalue weighted by Gasteiger charge is 2.26. The number of rotatable bonds is 4. The summed E-state index contributed by atoms with van der Waals surface area (Å²) in [5.74, 6) is -0.724. The molecule has 0 fully saturated rings. The molecule has 0 saturated carbocycles. The highest BCUT2D eigenvalue weighted by atomic mass is 16.4. The van der Waals surface area contributed by atoms with Gasteiger partial charge < -0.3 is 5.11 Å². The van der Waals surface area contributed by atoms with Crippen molar-refractivity contribution in [1.29, 1.82) is 0 Å². The molecule has 0 aromatic heterocycles. The minimum Gasteiger partial charge on any atom is -0.481 e. The van der Waals surface area contributed by atoms with Crippen molar-refractivity contribution in [3.63, 3.8) is 0 Å². The first-order valence-electron chi connectivity index (χ1n) is 5.49. The van der Waals surface area contributed by atoms with E-state index in [0.717, 1.165) is 6.54 Å². The molecule has 0 saturated heterocycles. The van der Waals surface area contributed by atoms with Crippen LogP contribution in [0.5, 0.6) is 0 Å². The zero-order chi connectivity index (χ0) is 12.3. The Kier molecular flexibility index (Phi) is 4.78. The SMILES string of the molecule is CC(C)(C)CN(CCC(=O)O)C(C)(C)C. The van der Waals surface area contributed by atoms with E-state index in [-0.39, 0.29) is 17.4 Å². The topological polar surface area (TPSA) is 40.5 Å². The second-order valence-corrected chi connectivity index (χ2v) is 6.30. The van der Waals surface area contributed by atoms with E-state index >= 15 is 0 Å². The lowest BCUT2D eigenvalue weighted by Gasteiger charge is -2.39. The normalized spacial score (nSPS) is 13.3. The number of hydrogen-bond acceptors (Lipinski definition) is 2. The van der Waals surface area contributed by atoms with Gasteiger partial charge in [0.15, 0.2) is 0 Å². The quantitative estimate of drug-likeness (QED) is 0.783. The molecule has 15 heavy (non-hydrogen) atoms. The number of aliphatic carboxylic acids is 1. The molecule has 0 amide bonds. The van der Waals surface area contributed by atoms with Crippen LogP contribution in [0, 0.1) is 5.41 Å². The lowest BCUT2D eigenvalue weighted by atomic mass is 9.93. The van der Waals surface area contributed by atoms with Gasteiger partial charge in [0.1, 0.15) is 0 Å². The van der Waals surface area contributed by atoms with Gasteiger partial charge in [-0.2, -0.15) is 0 Å². The van der Waals surface area contributed by atoms with Crippen LogP contribution in [0.4, 0.5) is 0 Å². The fourth-order valence-corrected chi connectivity index (χ4v) is 1.45. The van der Waals surface area contributed by atoms with Crippen molar-refractivity contribution in [3.8, 4) is 0 Å². The minimum atomic E-state index is -0.724. The van der Waals surface area contributed by atoms with Gasteiger partial charge in [0.2, 0.25) is 0 Å². The molecule has 0 aliphatic heterocycles. The molecule has 0 heterocycles. The van der Waals surface area contributed by atoms with Crippen molar-refractivity contribution < 1.29 is 9.90 Å². The first kappa shape index (κ1) is 14.4. The fraction of sp³-hybridized carbons (Fsp3) is 0.917. The van der Waals surface area contributed by atoms with Crippen LogP contribution in [0.15, 0.2) is 0 Å². The Balaban J connectivity index is 4.40. The summed E-state index contributed by atoms with van der Waals surface area (Å²) in [6.45, 7) is 14.4. The van der Waals surface area contributed by atoms with E-state index < -0.39 is 5.97 Å². The number of carboxylic acid groups (broad SMARTS) is 1. The van der Waals surface area contributed by atoms with Crippen LogP contribution in [0.1, 0.15) is 48.0 Å². The van der Waals surface area contributed by atoms with Crippen molar-refractivity contribution in [2.75, 3.05) is 13.1 Å². The zero-order valence-electron chi connectivity index (χ0n) is 10.9. The predicted molar refractivity (Wildman–Crippen MR) is 63.0 cm³/mol. The van der Waals surface area contributed by atoms with Gasteiger partial charge in [-0.1, -0.05) is 20.8 Å². The van der Waals surface area contributed by atoms with E-state index in [1.165, 1.54) is 0 Å². The maximum atomic E-state index is 10.6. The lowest BCUT2D eigenvalue weighted by molar-refractivity contribution is -0.137. The van der Waals surface area contributed by atoms with Gasteiger partial charge in [-0.3, -0.25) is 9.69 Å². The van der Waals surface area contributed by atoms with E-state index in [0.29, 0.717) is 6.54 Å². The maximum absolute atomic E-state index is 10.6. The van der Waals surface area contributed by atoms with Crippen molar-refractivity contribution in [1.82, 2.24) is 4.90 Å². The molecule has 0 aromatic rings. The zero-order valence-corrected chi connectivity index (χ0v) is 10.9. The summed E-state index contributed by atoms with van der Waals surface area (Å²) in [6.07, 6.45) is 0.216. The van der Waals surface area contributed by atoms with Crippen LogP contribution in [-0.2, 0) is 4.79 Å². The molecule has 0 aliphatic rings. The summed E-state index contributed by atoms with van der Waals surface area (Å²) < 4.78 is 0. The van der Waals surface area contributed by atoms with Crippen LogP contribution in [-0.4, -0.2) is 34.6 Å². The molecule has 0 rings (SSSR count). The standard InChI is InChI=1S/C12H25NO2/c1-11(2,3)9-13(12(4,5)6)8-7-10(14)15/h7-9H2,1-6H3,(H,14,15). The number of hydrogen-bond donors (Lipinski definition) is 1. The van der Waals surface area contributed by atoms with E-state index in [4.69, 9.17) is 5.11 Å². The largest absolute Gasteiger partial charge is 0.481 e. The molecule has 0 unspecified atom stereocenters. The summed E-state index contributed by atoms with van der Waals surface area (Å²) in [5.41, 5.74) is 0.231. The predicted octanol–water partition coefficient (Wildman–Crippen LogP) is 2.61. The molecular formula is C12H25NO2. The molecule has 0 bridgehead atoms. The summed E-state index contributed by atoms with van der Waals surface area (Å²) >= 11 is 0. The maximum Gasteiger partial charge on any atom is 0.304 e. The highest BCUT2D eigenvalue weighted by molar-refractivity contribution is 5.66. The second-order valence-electron chi connectivity index (χ2n) is 6.30. The van der Waals surface area contributed by atoms with Crippen molar-refractivity contribution in [2.24, 2.45) is 5.41 Å². The molecule has 0 aliphatic carbocycles. The first-order chi connectivity index (χ1) is 6.52. The van der Waals surface area contributed by atoms with Gasteiger partial charge in [0.05, 0.1) is 6.42 Å². The van der Waals surface area contributed by atoms with Crippen LogP contribution in [0.2, 0.25) is 0 Å². The third kappa shape index (κ3) is 7.37. The Morgan fingerprint density at radius 2 is 1.60 bits per heavy atom. The van der Waals surface area contributed by atoms with Crippen LogP contribution in [0.25, 0.3) is 0 Å². The molecule has 3 heteroatoms. The van der Waals surface area contributed by atoms with Crippen molar-refractivity contribution in [2.45, 2.75) is 53.5 Å². The average molecular weight is 215 g/mol. The van der Waals surface area contributed by atoms with E-state index in [1.54, 1.807) is 0 Å².